The maximum atomic E-state index is 4.51. The molecule has 0 saturated carbocycles. The fourth-order valence-electron chi connectivity index (χ4n) is 3.02. The van der Waals surface area contributed by atoms with E-state index in [4.69, 9.17) is 0 Å². The van der Waals surface area contributed by atoms with Crippen molar-refractivity contribution in [1.29, 1.82) is 0 Å². The average Bonchev–Trinajstić information content (AvgIpc) is 3.03. The van der Waals surface area contributed by atoms with Gasteiger partial charge >= 0.3 is 0 Å². The van der Waals surface area contributed by atoms with Crippen molar-refractivity contribution in [3.8, 4) is 0 Å². The molecule has 4 rings (SSSR count). The number of aromatic nitrogens is 2. The highest BCUT2D eigenvalue weighted by Crippen LogP contribution is 2.39. The zero-order valence-corrected chi connectivity index (χ0v) is 13.0. The maximum absolute atomic E-state index is 4.51. The Kier molecular flexibility index (Phi) is 2.93. The van der Waals surface area contributed by atoms with E-state index in [1.807, 2.05) is 11.3 Å². The number of rotatable bonds is 2. The van der Waals surface area contributed by atoms with E-state index in [2.05, 4.69) is 47.3 Å². The van der Waals surface area contributed by atoms with Crippen LogP contribution in [-0.2, 0) is 12.8 Å². The standard InChI is InChI=1S/C17H17N3S/c1-10-6-7-11(2)13(8-10)20-16-15-12-4-3-5-14(12)21-17(15)19-9-18-16/h6-9H,3-5H2,1-2H3,(H,18,19,20). The number of benzene rings is 1. The lowest BCUT2D eigenvalue weighted by Crippen LogP contribution is -1.98. The molecule has 1 aromatic carbocycles. The zero-order chi connectivity index (χ0) is 14.4. The SMILES string of the molecule is Cc1ccc(C)c(Nc2ncnc3sc4c(c23)CCC4)c1. The van der Waals surface area contributed by atoms with Crippen molar-refractivity contribution in [2.24, 2.45) is 0 Å². The van der Waals surface area contributed by atoms with Gasteiger partial charge in [-0.3, -0.25) is 0 Å². The highest BCUT2D eigenvalue weighted by Gasteiger charge is 2.21. The van der Waals surface area contributed by atoms with Crippen LogP contribution in [0.2, 0.25) is 0 Å². The number of hydrogen-bond acceptors (Lipinski definition) is 4. The largest absolute Gasteiger partial charge is 0.339 e. The molecule has 2 heterocycles. The Morgan fingerprint density at radius 1 is 1.14 bits per heavy atom. The van der Waals surface area contributed by atoms with Gasteiger partial charge in [-0.2, -0.15) is 0 Å². The lowest BCUT2D eigenvalue weighted by molar-refractivity contribution is 0.917. The van der Waals surface area contributed by atoms with Crippen LogP contribution in [0.4, 0.5) is 11.5 Å². The Morgan fingerprint density at radius 2 is 2.05 bits per heavy atom. The summed E-state index contributed by atoms with van der Waals surface area (Å²) in [5.41, 5.74) is 5.08. The molecule has 106 valence electrons. The molecule has 3 nitrogen and oxygen atoms in total. The van der Waals surface area contributed by atoms with Crippen LogP contribution < -0.4 is 5.32 Å². The zero-order valence-electron chi connectivity index (χ0n) is 12.2. The van der Waals surface area contributed by atoms with Gasteiger partial charge in [-0.05, 0) is 55.9 Å². The van der Waals surface area contributed by atoms with Gasteiger partial charge in [0.2, 0.25) is 0 Å². The second-order valence-electron chi connectivity index (χ2n) is 5.70. The van der Waals surface area contributed by atoms with Gasteiger partial charge in [0.25, 0.3) is 0 Å². The molecular formula is C17H17N3S. The Balaban J connectivity index is 1.85. The fraction of sp³-hybridized carbons (Fsp3) is 0.294. The first-order chi connectivity index (χ1) is 10.2. The summed E-state index contributed by atoms with van der Waals surface area (Å²) in [7, 11) is 0. The Bertz CT molecular complexity index is 835. The molecule has 0 amide bonds. The topological polar surface area (TPSA) is 37.8 Å². The van der Waals surface area contributed by atoms with Gasteiger partial charge in [0.05, 0.1) is 5.39 Å². The summed E-state index contributed by atoms with van der Waals surface area (Å²) < 4.78 is 0. The third kappa shape index (κ3) is 2.10. The first kappa shape index (κ1) is 12.8. The van der Waals surface area contributed by atoms with Crippen molar-refractivity contribution in [2.45, 2.75) is 33.1 Å². The number of nitrogens with one attached hydrogen (secondary N) is 1. The molecule has 0 radical (unpaired) electrons. The average molecular weight is 295 g/mol. The number of aryl methyl sites for hydroxylation is 4. The molecule has 0 unspecified atom stereocenters. The number of anilines is 2. The van der Waals surface area contributed by atoms with Crippen LogP contribution in [0.1, 0.15) is 28.0 Å². The number of fused-ring (bicyclic) bond motifs is 3. The van der Waals surface area contributed by atoms with E-state index in [0.717, 1.165) is 22.8 Å². The van der Waals surface area contributed by atoms with Crippen LogP contribution in [0.5, 0.6) is 0 Å². The van der Waals surface area contributed by atoms with E-state index in [0.29, 0.717) is 0 Å². The lowest BCUT2D eigenvalue weighted by atomic mass is 10.1. The van der Waals surface area contributed by atoms with Crippen molar-refractivity contribution in [2.75, 3.05) is 5.32 Å². The molecule has 1 aliphatic rings. The first-order valence-electron chi connectivity index (χ1n) is 7.32. The minimum Gasteiger partial charge on any atom is -0.339 e. The van der Waals surface area contributed by atoms with E-state index in [1.54, 1.807) is 6.33 Å². The van der Waals surface area contributed by atoms with Crippen molar-refractivity contribution in [3.63, 3.8) is 0 Å². The molecule has 3 aromatic rings. The second kappa shape index (κ2) is 4.81. The summed E-state index contributed by atoms with van der Waals surface area (Å²) in [6.45, 7) is 4.24. The third-order valence-corrected chi connectivity index (χ3v) is 5.35. The van der Waals surface area contributed by atoms with Gasteiger partial charge in [-0.15, -0.1) is 11.3 Å². The normalized spacial score (nSPS) is 13.6. The molecule has 1 N–H and O–H groups in total. The molecule has 21 heavy (non-hydrogen) atoms. The molecule has 0 fully saturated rings. The van der Waals surface area contributed by atoms with Crippen LogP contribution in [0.25, 0.3) is 10.2 Å². The van der Waals surface area contributed by atoms with E-state index in [1.165, 1.54) is 39.8 Å². The molecule has 0 bridgehead atoms. The lowest BCUT2D eigenvalue weighted by Gasteiger charge is -2.11. The van der Waals surface area contributed by atoms with Crippen molar-refractivity contribution >= 4 is 33.1 Å². The monoisotopic (exact) mass is 295 g/mol. The van der Waals surface area contributed by atoms with E-state index < -0.39 is 0 Å². The second-order valence-corrected chi connectivity index (χ2v) is 6.79. The van der Waals surface area contributed by atoms with Crippen LogP contribution in [0.15, 0.2) is 24.5 Å². The summed E-state index contributed by atoms with van der Waals surface area (Å²) in [5, 5.41) is 4.76. The predicted octanol–water partition coefficient (Wildman–Crippen LogP) is 4.54. The van der Waals surface area contributed by atoms with Gasteiger partial charge in [-0.1, -0.05) is 12.1 Å². The summed E-state index contributed by atoms with van der Waals surface area (Å²) >= 11 is 1.83. The van der Waals surface area contributed by atoms with Gasteiger partial charge < -0.3 is 5.32 Å². The van der Waals surface area contributed by atoms with Crippen LogP contribution in [0.3, 0.4) is 0 Å². The fourth-order valence-corrected chi connectivity index (χ4v) is 4.25. The van der Waals surface area contributed by atoms with Crippen molar-refractivity contribution in [1.82, 2.24) is 9.97 Å². The molecule has 0 atom stereocenters. The predicted molar refractivity (Wildman–Crippen MR) is 88.6 cm³/mol. The quantitative estimate of drug-likeness (QED) is 0.754. The van der Waals surface area contributed by atoms with Crippen molar-refractivity contribution in [3.05, 3.63) is 46.1 Å². The number of hydrogen-bond donors (Lipinski definition) is 1. The Morgan fingerprint density at radius 3 is 2.95 bits per heavy atom. The summed E-state index contributed by atoms with van der Waals surface area (Å²) in [5.74, 6) is 0.952. The first-order valence-corrected chi connectivity index (χ1v) is 8.13. The highest BCUT2D eigenvalue weighted by molar-refractivity contribution is 7.19. The molecule has 1 aliphatic carbocycles. The third-order valence-electron chi connectivity index (χ3n) is 4.15. The highest BCUT2D eigenvalue weighted by atomic mass is 32.1. The summed E-state index contributed by atoms with van der Waals surface area (Å²) in [6, 6.07) is 6.46. The smallest absolute Gasteiger partial charge is 0.142 e. The van der Waals surface area contributed by atoms with Gasteiger partial charge in [0.1, 0.15) is 17.0 Å². The number of thiophene rings is 1. The molecule has 0 aliphatic heterocycles. The van der Waals surface area contributed by atoms with Gasteiger partial charge in [-0.25, -0.2) is 9.97 Å². The maximum Gasteiger partial charge on any atom is 0.142 e. The molecule has 4 heteroatoms. The van der Waals surface area contributed by atoms with E-state index in [-0.39, 0.29) is 0 Å². The molecular weight excluding hydrogens is 278 g/mol. The van der Waals surface area contributed by atoms with E-state index in [9.17, 15) is 0 Å². The minimum atomic E-state index is 0.952. The Labute approximate surface area is 128 Å². The minimum absolute atomic E-state index is 0.952. The molecule has 2 aromatic heterocycles. The van der Waals surface area contributed by atoms with Crippen LogP contribution >= 0.6 is 11.3 Å². The van der Waals surface area contributed by atoms with Crippen molar-refractivity contribution < 1.29 is 0 Å². The van der Waals surface area contributed by atoms with Gasteiger partial charge in [0.15, 0.2) is 0 Å². The van der Waals surface area contributed by atoms with E-state index >= 15 is 0 Å². The van der Waals surface area contributed by atoms with Gasteiger partial charge in [0, 0.05) is 10.6 Å². The molecule has 0 saturated heterocycles. The summed E-state index contributed by atoms with van der Waals surface area (Å²) in [6.07, 6.45) is 5.28. The molecule has 0 spiro atoms. The number of nitrogens with zero attached hydrogens (tertiary/aromatic N) is 2. The van der Waals surface area contributed by atoms with Crippen LogP contribution in [0, 0.1) is 13.8 Å². The summed E-state index contributed by atoms with van der Waals surface area (Å²) in [4.78, 5) is 11.6. The Hall–Kier alpha value is -1.94. The van der Waals surface area contributed by atoms with Crippen LogP contribution in [-0.4, -0.2) is 9.97 Å².